The van der Waals surface area contributed by atoms with Gasteiger partial charge < -0.3 is 9.84 Å². The summed E-state index contributed by atoms with van der Waals surface area (Å²) < 4.78 is 58.7. The highest BCUT2D eigenvalue weighted by atomic mass is 35.5. The van der Waals surface area contributed by atoms with Gasteiger partial charge in [0, 0.05) is 16.1 Å². The Labute approximate surface area is 176 Å². The van der Waals surface area contributed by atoms with E-state index in [-0.39, 0.29) is 31.7 Å². The molecule has 0 fully saturated rings. The van der Waals surface area contributed by atoms with E-state index in [1.54, 1.807) is 0 Å². The number of hydrogen-bond donors (Lipinski definition) is 1. The molecule has 1 atom stereocenters. The molecular weight excluding hydrogens is 438 g/mol. The Morgan fingerprint density at radius 3 is 2.20 bits per heavy atom. The molecule has 0 radical (unpaired) electrons. The zero-order valence-electron chi connectivity index (χ0n) is 15.5. The van der Waals surface area contributed by atoms with Crippen LogP contribution in [0, 0.1) is 11.6 Å². The first-order valence-electron chi connectivity index (χ1n) is 8.59. The van der Waals surface area contributed by atoms with E-state index in [1.165, 1.54) is 37.3 Å². The zero-order valence-corrected chi connectivity index (χ0v) is 17.0. The fourth-order valence-corrected chi connectivity index (χ4v) is 4.13. The van der Waals surface area contributed by atoms with Gasteiger partial charge in [0.2, 0.25) is 9.84 Å². The van der Waals surface area contributed by atoms with E-state index < -0.39 is 33.5 Å². The van der Waals surface area contributed by atoms with Gasteiger partial charge in [0.05, 0.1) is 9.79 Å². The fourth-order valence-electron chi connectivity index (χ4n) is 2.69. The van der Waals surface area contributed by atoms with E-state index >= 15 is 0 Å². The third-order valence-corrected chi connectivity index (χ3v) is 6.26. The summed E-state index contributed by atoms with van der Waals surface area (Å²) in [6.07, 6.45) is -1.20. The van der Waals surface area contributed by atoms with Crippen molar-refractivity contribution >= 4 is 27.4 Å². The molecule has 0 bridgehead atoms. The number of carboxylic acid groups (broad SMARTS) is 1. The molecule has 3 aromatic rings. The Morgan fingerprint density at radius 1 is 0.967 bits per heavy atom. The van der Waals surface area contributed by atoms with Gasteiger partial charge in [0.1, 0.15) is 17.4 Å². The minimum Gasteiger partial charge on any atom is -0.479 e. The summed E-state index contributed by atoms with van der Waals surface area (Å²) in [6, 6.07) is 11.7. The number of ether oxygens (including phenoxy) is 1. The lowest BCUT2D eigenvalue weighted by Crippen LogP contribution is -2.23. The van der Waals surface area contributed by atoms with Crippen LogP contribution in [0.2, 0.25) is 5.02 Å². The Hall–Kier alpha value is -2.97. The van der Waals surface area contributed by atoms with Gasteiger partial charge in [-0.2, -0.15) is 0 Å². The second-order valence-electron chi connectivity index (χ2n) is 6.34. The van der Waals surface area contributed by atoms with Gasteiger partial charge in [0.25, 0.3) is 0 Å². The van der Waals surface area contributed by atoms with Crippen LogP contribution in [0.4, 0.5) is 8.78 Å². The van der Waals surface area contributed by atoms with E-state index in [1.807, 2.05) is 0 Å². The van der Waals surface area contributed by atoms with Crippen molar-refractivity contribution < 1.29 is 31.8 Å². The average molecular weight is 453 g/mol. The molecule has 3 rings (SSSR count). The van der Waals surface area contributed by atoms with Crippen molar-refractivity contribution in [3.63, 3.8) is 0 Å². The lowest BCUT2D eigenvalue weighted by atomic mass is 10.0. The van der Waals surface area contributed by atoms with Crippen LogP contribution < -0.4 is 4.74 Å². The maximum absolute atomic E-state index is 14.9. The van der Waals surface area contributed by atoms with Crippen molar-refractivity contribution in [1.82, 2.24) is 0 Å². The molecule has 0 aliphatic heterocycles. The molecule has 1 N–H and O–H groups in total. The van der Waals surface area contributed by atoms with Gasteiger partial charge in [-0.1, -0.05) is 11.6 Å². The summed E-state index contributed by atoms with van der Waals surface area (Å²) in [4.78, 5) is 10.6. The Kier molecular flexibility index (Phi) is 6.09. The summed E-state index contributed by atoms with van der Waals surface area (Å²) >= 11 is 5.99. The monoisotopic (exact) mass is 452 g/mol. The lowest BCUT2D eigenvalue weighted by molar-refractivity contribution is -0.144. The maximum atomic E-state index is 14.9. The molecule has 0 aliphatic rings. The van der Waals surface area contributed by atoms with Gasteiger partial charge in [-0.3, -0.25) is 0 Å². The first-order chi connectivity index (χ1) is 14.1. The molecule has 30 heavy (non-hydrogen) atoms. The summed E-state index contributed by atoms with van der Waals surface area (Å²) in [6.45, 7) is 1.31. The number of hydrogen-bond acceptors (Lipinski definition) is 4. The molecule has 0 unspecified atom stereocenters. The quantitative estimate of drug-likeness (QED) is 0.534. The van der Waals surface area contributed by atoms with E-state index in [2.05, 4.69) is 0 Å². The van der Waals surface area contributed by atoms with Crippen molar-refractivity contribution in [3.8, 4) is 16.9 Å². The van der Waals surface area contributed by atoms with Crippen molar-refractivity contribution in [1.29, 1.82) is 0 Å². The Balaban J connectivity index is 2.05. The number of sulfone groups is 1. The van der Waals surface area contributed by atoms with Gasteiger partial charge in [-0.25, -0.2) is 22.0 Å². The van der Waals surface area contributed by atoms with E-state index in [0.717, 1.165) is 30.3 Å². The predicted molar refractivity (Wildman–Crippen MR) is 106 cm³/mol. The maximum Gasteiger partial charge on any atom is 0.344 e. The fraction of sp³-hybridized carbons (Fsp3) is 0.0952. The highest BCUT2D eigenvalue weighted by Crippen LogP contribution is 2.36. The van der Waals surface area contributed by atoms with Crippen molar-refractivity contribution in [2.24, 2.45) is 0 Å². The summed E-state index contributed by atoms with van der Waals surface area (Å²) in [5.74, 6) is -2.62. The highest BCUT2D eigenvalue weighted by Gasteiger charge is 2.22. The molecular formula is C21H15ClF2O5S. The Morgan fingerprint density at radius 2 is 1.60 bits per heavy atom. The molecule has 0 aliphatic carbocycles. The van der Waals surface area contributed by atoms with Gasteiger partial charge in [-0.15, -0.1) is 0 Å². The summed E-state index contributed by atoms with van der Waals surface area (Å²) in [5, 5.41) is 9.30. The molecule has 156 valence electrons. The molecule has 3 aromatic carbocycles. The number of halogens is 3. The topological polar surface area (TPSA) is 80.7 Å². The lowest BCUT2D eigenvalue weighted by Gasteiger charge is -2.16. The molecule has 0 saturated heterocycles. The number of carboxylic acids is 1. The van der Waals surface area contributed by atoms with Crippen LogP contribution >= 0.6 is 11.6 Å². The van der Waals surface area contributed by atoms with E-state index in [4.69, 9.17) is 21.4 Å². The van der Waals surface area contributed by atoms with Crippen LogP contribution in [0.3, 0.4) is 0 Å². The largest absolute Gasteiger partial charge is 0.479 e. The predicted octanol–water partition coefficient (Wildman–Crippen LogP) is 4.97. The second-order valence-corrected chi connectivity index (χ2v) is 8.72. The Bertz CT molecular complexity index is 1210. The molecule has 0 aromatic heterocycles. The van der Waals surface area contributed by atoms with Crippen LogP contribution in [0.15, 0.2) is 70.5 Å². The number of carbonyl (C=O) groups is 1. The van der Waals surface area contributed by atoms with Crippen LogP contribution in [0.5, 0.6) is 5.75 Å². The van der Waals surface area contributed by atoms with Gasteiger partial charge in [0.15, 0.2) is 6.10 Å². The standard InChI is InChI=1S/C21H15ClF2O5S/c1-12(21(25)26)29-20-9-2-13(22)10-18(20)17-8-7-16(11-19(17)24)30(27,28)15-5-3-14(23)4-6-15/h2-12H,1H3,(H,25,26)/t12-/m0/s1. The number of benzene rings is 3. The third-order valence-electron chi connectivity index (χ3n) is 4.26. The van der Waals surface area contributed by atoms with E-state index in [0.29, 0.717) is 0 Å². The zero-order chi connectivity index (χ0) is 22.1. The normalized spacial score (nSPS) is 12.4. The highest BCUT2D eigenvalue weighted by molar-refractivity contribution is 7.91. The molecule has 0 saturated carbocycles. The molecule has 0 amide bonds. The van der Waals surface area contributed by atoms with E-state index in [9.17, 15) is 22.0 Å². The van der Waals surface area contributed by atoms with Crippen molar-refractivity contribution in [2.45, 2.75) is 22.8 Å². The van der Waals surface area contributed by atoms with Crippen LogP contribution in [-0.4, -0.2) is 25.6 Å². The average Bonchev–Trinajstić information content (AvgIpc) is 2.69. The minimum atomic E-state index is -4.07. The number of rotatable bonds is 6. The first-order valence-corrected chi connectivity index (χ1v) is 10.5. The van der Waals surface area contributed by atoms with Crippen molar-refractivity contribution in [3.05, 3.63) is 77.3 Å². The number of aliphatic carboxylic acids is 1. The third kappa shape index (κ3) is 4.44. The summed E-state index contributed by atoms with van der Waals surface area (Å²) in [7, 11) is -4.07. The molecule has 9 heteroatoms. The molecule has 0 spiro atoms. The van der Waals surface area contributed by atoms with Crippen LogP contribution in [0.1, 0.15) is 6.92 Å². The van der Waals surface area contributed by atoms with Crippen LogP contribution in [0.25, 0.3) is 11.1 Å². The molecule has 5 nitrogen and oxygen atoms in total. The molecule has 0 heterocycles. The summed E-state index contributed by atoms with van der Waals surface area (Å²) in [5.41, 5.74) is 0.141. The van der Waals surface area contributed by atoms with Crippen LogP contribution in [-0.2, 0) is 14.6 Å². The SMILES string of the molecule is C[C@H](Oc1ccc(Cl)cc1-c1ccc(S(=O)(=O)c2ccc(F)cc2)cc1F)C(=O)O. The van der Waals surface area contributed by atoms with Gasteiger partial charge >= 0.3 is 5.97 Å². The van der Waals surface area contributed by atoms with Gasteiger partial charge in [-0.05, 0) is 67.6 Å². The smallest absolute Gasteiger partial charge is 0.344 e. The van der Waals surface area contributed by atoms with Crippen molar-refractivity contribution in [2.75, 3.05) is 0 Å². The minimum absolute atomic E-state index is 0.0249. The second kappa shape index (κ2) is 8.41. The first kappa shape index (κ1) is 21.7.